The fourth-order valence-electron chi connectivity index (χ4n) is 1.88. The van der Waals surface area contributed by atoms with E-state index < -0.39 is 11.2 Å². The molecule has 0 unspecified atom stereocenters. The highest BCUT2D eigenvalue weighted by atomic mass is 16.2. The van der Waals surface area contributed by atoms with Crippen LogP contribution in [0.3, 0.4) is 0 Å². The van der Waals surface area contributed by atoms with Crippen molar-refractivity contribution in [3.05, 3.63) is 32.6 Å². The maximum atomic E-state index is 12.1. The van der Waals surface area contributed by atoms with Crippen LogP contribution in [0.25, 0.3) is 0 Å². The first kappa shape index (κ1) is 11.6. The van der Waals surface area contributed by atoms with Gasteiger partial charge in [0.2, 0.25) is 0 Å². The van der Waals surface area contributed by atoms with Crippen molar-refractivity contribution in [2.75, 3.05) is 19.6 Å². The number of rotatable bonds is 1. The molecule has 1 aromatic rings. The third-order valence-corrected chi connectivity index (χ3v) is 2.75. The average molecular weight is 238 g/mol. The van der Waals surface area contributed by atoms with Crippen molar-refractivity contribution in [3.8, 4) is 0 Å². The van der Waals surface area contributed by atoms with Gasteiger partial charge in [-0.3, -0.25) is 14.6 Å². The molecule has 92 valence electrons. The highest BCUT2D eigenvalue weighted by Gasteiger charge is 2.24. The van der Waals surface area contributed by atoms with E-state index in [0.717, 1.165) is 6.07 Å². The zero-order chi connectivity index (χ0) is 12.4. The van der Waals surface area contributed by atoms with Gasteiger partial charge in [-0.05, 0) is 6.92 Å². The summed E-state index contributed by atoms with van der Waals surface area (Å²) >= 11 is 0. The monoisotopic (exact) mass is 238 g/mol. The van der Waals surface area contributed by atoms with Crippen LogP contribution in [0.15, 0.2) is 15.7 Å². The second-order valence-electron chi connectivity index (χ2n) is 4.05. The molecule has 1 amide bonds. The number of carbonyl (C=O) groups excluding carboxylic acids is 1. The fraction of sp³-hybridized carbons (Fsp3) is 0.500. The molecule has 7 heteroatoms. The van der Waals surface area contributed by atoms with Crippen molar-refractivity contribution in [1.82, 2.24) is 20.2 Å². The Kier molecular flexibility index (Phi) is 3.10. The predicted octanol–water partition coefficient (Wildman–Crippen LogP) is -1.50. The zero-order valence-electron chi connectivity index (χ0n) is 9.45. The first-order valence-electron chi connectivity index (χ1n) is 5.43. The van der Waals surface area contributed by atoms with Crippen LogP contribution in [-0.2, 0) is 0 Å². The predicted molar refractivity (Wildman–Crippen MR) is 61.1 cm³/mol. The Morgan fingerprint density at radius 1 is 1.41 bits per heavy atom. The number of aromatic nitrogens is 2. The lowest BCUT2D eigenvalue weighted by molar-refractivity contribution is 0.0649. The van der Waals surface area contributed by atoms with E-state index >= 15 is 0 Å². The van der Waals surface area contributed by atoms with Crippen molar-refractivity contribution < 1.29 is 4.79 Å². The summed E-state index contributed by atoms with van der Waals surface area (Å²) in [6.45, 7) is 3.90. The first-order chi connectivity index (χ1) is 8.08. The van der Waals surface area contributed by atoms with Gasteiger partial charge in [0.05, 0.1) is 0 Å². The fourth-order valence-corrected chi connectivity index (χ4v) is 1.88. The van der Waals surface area contributed by atoms with Gasteiger partial charge in [-0.2, -0.15) is 0 Å². The smallest absolute Gasteiger partial charge is 0.326 e. The van der Waals surface area contributed by atoms with Crippen LogP contribution in [0.1, 0.15) is 17.4 Å². The van der Waals surface area contributed by atoms with E-state index in [4.69, 9.17) is 0 Å². The lowest BCUT2D eigenvalue weighted by atomic mass is 10.2. The maximum Gasteiger partial charge on any atom is 0.326 e. The highest BCUT2D eigenvalue weighted by Crippen LogP contribution is 2.06. The van der Waals surface area contributed by atoms with Crippen LogP contribution >= 0.6 is 0 Å². The Hall–Kier alpha value is -1.89. The quantitative estimate of drug-likeness (QED) is 0.554. The van der Waals surface area contributed by atoms with E-state index in [0.29, 0.717) is 19.6 Å². The number of amides is 1. The molecule has 7 nitrogen and oxygen atoms in total. The lowest BCUT2D eigenvalue weighted by Crippen LogP contribution is -2.52. The second kappa shape index (κ2) is 4.54. The van der Waals surface area contributed by atoms with Gasteiger partial charge in [0.1, 0.15) is 5.69 Å². The number of aromatic amines is 2. The highest BCUT2D eigenvalue weighted by molar-refractivity contribution is 5.92. The summed E-state index contributed by atoms with van der Waals surface area (Å²) < 4.78 is 0. The van der Waals surface area contributed by atoms with Crippen LogP contribution in [0.5, 0.6) is 0 Å². The summed E-state index contributed by atoms with van der Waals surface area (Å²) in [5.74, 6) is -0.317. The van der Waals surface area contributed by atoms with Crippen molar-refractivity contribution in [2.24, 2.45) is 0 Å². The third-order valence-electron chi connectivity index (χ3n) is 2.75. The molecule has 1 fully saturated rings. The number of H-pyrrole nitrogens is 2. The summed E-state index contributed by atoms with van der Waals surface area (Å²) in [4.78, 5) is 40.3. The molecule has 17 heavy (non-hydrogen) atoms. The maximum absolute atomic E-state index is 12.1. The number of piperazine rings is 1. The van der Waals surface area contributed by atoms with Crippen LogP contribution < -0.4 is 16.6 Å². The van der Waals surface area contributed by atoms with E-state index in [1.807, 2.05) is 11.9 Å². The molecule has 0 saturated carbocycles. The normalized spacial score (nSPS) is 20.3. The topological polar surface area (TPSA) is 98.1 Å². The molecule has 1 saturated heterocycles. The number of carbonyl (C=O) groups is 1. The summed E-state index contributed by atoms with van der Waals surface area (Å²) in [7, 11) is 0. The minimum Gasteiger partial charge on any atom is -0.332 e. The summed E-state index contributed by atoms with van der Waals surface area (Å²) in [5, 5.41) is 3.16. The Morgan fingerprint density at radius 2 is 2.18 bits per heavy atom. The van der Waals surface area contributed by atoms with Crippen LogP contribution in [0, 0.1) is 0 Å². The van der Waals surface area contributed by atoms with E-state index in [1.165, 1.54) is 0 Å². The summed E-state index contributed by atoms with van der Waals surface area (Å²) in [5.41, 5.74) is -1.20. The van der Waals surface area contributed by atoms with E-state index in [1.54, 1.807) is 4.90 Å². The van der Waals surface area contributed by atoms with Crippen molar-refractivity contribution >= 4 is 5.91 Å². The molecule has 0 radical (unpaired) electrons. The van der Waals surface area contributed by atoms with Crippen molar-refractivity contribution in [3.63, 3.8) is 0 Å². The minimum absolute atomic E-state index is 0.0347. The largest absolute Gasteiger partial charge is 0.332 e. The Morgan fingerprint density at radius 3 is 2.82 bits per heavy atom. The summed E-state index contributed by atoms with van der Waals surface area (Å²) in [6.07, 6.45) is 0. The molecular weight excluding hydrogens is 224 g/mol. The molecule has 0 aromatic carbocycles. The molecule has 2 rings (SSSR count). The third kappa shape index (κ3) is 2.44. The number of hydrogen-bond donors (Lipinski definition) is 3. The molecule has 1 aliphatic rings. The Bertz CT molecular complexity index is 505. The SMILES string of the molecule is C[C@H]1CNCCN1C(=O)c1cc(=O)[nH]c(=O)[nH]1. The molecule has 1 aliphatic heterocycles. The molecule has 2 heterocycles. The average Bonchev–Trinajstić information content (AvgIpc) is 2.27. The molecule has 1 atom stereocenters. The van der Waals surface area contributed by atoms with Gasteiger partial charge < -0.3 is 15.2 Å². The molecule has 0 aliphatic carbocycles. The van der Waals surface area contributed by atoms with E-state index in [9.17, 15) is 14.4 Å². The minimum atomic E-state index is -0.663. The second-order valence-corrected chi connectivity index (χ2v) is 4.05. The van der Waals surface area contributed by atoms with Crippen molar-refractivity contribution in [2.45, 2.75) is 13.0 Å². The molecular formula is C10H14N4O3. The standard InChI is InChI=1S/C10H14N4O3/c1-6-5-11-2-3-14(6)9(16)7-4-8(15)13-10(17)12-7/h4,6,11H,2-3,5H2,1H3,(H2,12,13,15,17)/t6-/m0/s1. The zero-order valence-corrected chi connectivity index (χ0v) is 9.45. The Balaban J connectivity index is 2.30. The van der Waals surface area contributed by atoms with Gasteiger partial charge in [-0.1, -0.05) is 0 Å². The van der Waals surface area contributed by atoms with Gasteiger partial charge in [0.25, 0.3) is 11.5 Å². The Labute approximate surface area is 96.8 Å². The molecule has 3 N–H and O–H groups in total. The van der Waals surface area contributed by atoms with Crippen molar-refractivity contribution in [1.29, 1.82) is 0 Å². The van der Waals surface area contributed by atoms with Crippen LogP contribution in [0.4, 0.5) is 0 Å². The van der Waals surface area contributed by atoms with E-state index in [2.05, 4.69) is 10.3 Å². The van der Waals surface area contributed by atoms with Crippen LogP contribution in [0.2, 0.25) is 0 Å². The number of nitrogens with zero attached hydrogens (tertiary/aromatic N) is 1. The molecule has 1 aromatic heterocycles. The van der Waals surface area contributed by atoms with Crippen LogP contribution in [-0.4, -0.2) is 46.5 Å². The first-order valence-corrected chi connectivity index (χ1v) is 5.43. The van der Waals surface area contributed by atoms with Gasteiger partial charge in [-0.25, -0.2) is 4.79 Å². The number of nitrogens with one attached hydrogen (secondary N) is 3. The lowest BCUT2D eigenvalue weighted by Gasteiger charge is -2.33. The van der Waals surface area contributed by atoms with Gasteiger partial charge in [0, 0.05) is 31.7 Å². The van der Waals surface area contributed by atoms with Gasteiger partial charge in [-0.15, -0.1) is 0 Å². The number of hydrogen-bond acceptors (Lipinski definition) is 4. The van der Waals surface area contributed by atoms with Gasteiger partial charge >= 0.3 is 5.69 Å². The summed E-state index contributed by atoms with van der Waals surface area (Å²) in [6, 6.07) is 1.15. The molecule has 0 spiro atoms. The van der Waals surface area contributed by atoms with E-state index in [-0.39, 0.29) is 17.6 Å². The molecule has 0 bridgehead atoms. The van der Waals surface area contributed by atoms with Gasteiger partial charge in [0.15, 0.2) is 0 Å².